The van der Waals surface area contributed by atoms with Gasteiger partial charge in [0, 0.05) is 11.6 Å². The predicted molar refractivity (Wildman–Crippen MR) is 99.8 cm³/mol. The van der Waals surface area contributed by atoms with Gasteiger partial charge in [-0.25, -0.2) is 5.43 Å². The first-order chi connectivity index (χ1) is 12.3. The van der Waals surface area contributed by atoms with Gasteiger partial charge in [0.1, 0.15) is 10.8 Å². The maximum absolute atomic E-state index is 12.0. The van der Waals surface area contributed by atoms with Crippen LogP contribution in [0.4, 0.5) is 5.69 Å². The molecule has 2 rings (SSSR count). The van der Waals surface area contributed by atoms with E-state index in [2.05, 4.69) is 10.5 Å². The molecule has 0 heterocycles. The van der Waals surface area contributed by atoms with E-state index < -0.39 is 16.9 Å². The molecule has 0 radical (unpaired) electrons. The number of carbonyl (C=O) groups excluding carboxylic acids is 1. The molecule has 0 saturated carbocycles. The summed E-state index contributed by atoms with van der Waals surface area (Å²) in [5.74, 6) is 0.149. The number of nitrogens with one attached hydrogen (secondary N) is 1. The van der Waals surface area contributed by atoms with E-state index in [-0.39, 0.29) is 10.7 Å². The quantitative estimate of drug-likeness (QED) is 0.472. The van der Waals surface area contributed by atoms with Crippen molar-refractivity contribution in [3.05, 3.63) is 68.2 Å². The van der Waals surface area contributed by atoms with E-state index in [0.29, 0.717) is 11.3 Å². The van der Waals surface area contributed by atoms with E-state index in [1.165, 1.54) is 18.3 Å². The van der Waals surface area contributed by atoms with Gasteiger partial charge in [-0.1, -0.05) is 23.7 Å². The molecule has 26 heavy (non-hydrogen) atoms. The Morgan fingerprint density at radius 3 is 2.65 bits per heavy atom. The van der Waals surface area contributed by atoms with Crippen LogP contribution in [0.3, 0.4) is 0 Å². The Hall–Kier alpha value is -2.93. The Kier molecular flexibility index (Phi) is 6.30. The van der Waals surface area contributed by atoms with Crippen LogP contribution < -0.4 is 10.2 Å². The Morgan fingerprint density at radius 2 is 2.00 bits per heavy atom. The topological polar surface area (TPSA) is 93.8 Å². The third kappa shape index (κ3) is 5.03. The predicted octanol–water partition coefficient (Wildman–Crippen LogP) is 3.78. The second-order valence-electron chi connectivity index (χ2n) is 5.71. The smallest absolute Gasteiger partial charge is 0.288 e. The van der Waals surface area contributed by atoms with Gasteiger partial charge in [-0.15, -0.1) is 0 Å². The van der Waals surface area contributed by atoms with Gasteiger partial charge in [0.05, 0.1) is 11.1 Å². The van der Waals surface area contributed by atoms with Crippen LogP contribution in [0, 0.1) is 24.0 Å². The van der Waals surface area contributed by atoms with Crippen molar-refractivity contribution in [3.8, 4) is 5.75 Å². The lowest BCUT2D eigenvalue weighted by molar-refractivity contribution is -0.384. The molecular weight excluding hydrogens is 358 g/mol. The van der Waals surface area contributed by atoms with E-state index in [0.717, 1.165) is 11.1 Å². The number of benzene rings is 2. The maximum atomic E-state index is 12.0. The zero-order valence-corrected chi connectivity index (χ0v) is 15.3. The van der Waals surface area contributed by atoms with Crippen molar-refractivity contribution >= 4 is 29.4 Å². The number of hydrazone groups is 1. The number of nitro benzene ring substituents is 1. The van der Waals surface area contributed by atoms with Crippen molar-refractivity contribution in [2.45, 2.75) is 26.9 Å². The second kappa shape index (κ2) is 8.44. The fraction of sp³-hybridized carbons (Fsp3) is 0.222. The molecule has 7 nitrogen and oxygen atoms in total. The monoisotopic (exact) mass is 375 g/mol. The largest absolute Gasteiger partial charge is 0.481 e. The molecule has 0 aromatic heterocycles. The molecule has 0 aliphatic rings. The van der Waals surface area contributed by atoms with Gasteiger partial charge in [-0.2, -0.15) is 5.10 Å². The molecule has 0 aliphatic carbocycles. The van der Waals surface area contributed by atoms with E-state index >= 15 is 0 Å². The molecule has 2 aromatic carbocycles. The minimum absolute atomic E-state index is 0.0339. The number of halogens is 1. The highest BCUT2D eigenvalue weighted by Crippen LogP contribution is 2.24. The van der Waals surface area contributed by atoms with Gasteiger partial charge in [0.15, 0.2) is 6.10 Å². The zero-order valence-electron chi connectivity index (χ0n) is 14.5. The second-order valence-corrected chi connectivity index (χ2v) is 6.12. The minimum atomic E-state index is -0.756. The van der Waals surface area contributed by atoms with Crippen LogP contribution in [-0.2, 0) is 4.79 Å². The van der Waals surface area contributed by atoms with Crippen LogP contribution in [-0.4, -0.2) is 23.1 Å². The van der Waals surface area contributed by atoms with Crippen LogP contribution in [0.5, 0.6) is 5.75 Å². The normalized spacial score (nSPS) is 12.0. The molecule has 136 valence electrons. The van der Waals surface area contributed by atoms with Crippen LogP contribution >= 0.6 is 11.6 Å². The summed E-state index contributed by atoms with van der Waals surface area (Å²) in [5, 5.41) is 14.7. The van der Waals surface area contributed by atoms with Gasteiger partial charge in [0.25, 0.3) is 11.6 Å². The van der Waals surface area contributed by atoms with Crippen molar-refractivity contribution in [1.82, 2.24) is 5.43 Å². The molecule has 0 fully saturated rings. The van der Waals surface area contributed by atoms with E-state index in [1.54, 1.807) is 19.1 Å². The summed E-state index contributed by atoms with van der Waals surface area (Å²) < 4.78 is 5.59. The number of nitrogens with zero attached hydrogens (tertiary/aromatic N) is 2. The number of rotatable bonds is 6. The molecule has 1 atom stereocenters. The summed E-state index contributed by atoms with van der Waals surface area (Å²) in [4.78, 5) is 22.3. The zero-order chi connectivity index (χ0) is 19.3. The van der Waals surface area contributed by atoms with E-state index in [4.69, 9.17) is 16.3 Å². The summed E-state index contributed by atoms with van der Waals surface area (Å²) in [6.45, 7) is 5.56. The average molecular weight is 376 g/mol. The van der Waals surface area contributed by atoms with Crippen LogP contribution in [0.15, 0.2) is 41.5 Å². The summed E-state index contributed by atoms with van der Waals surface area (Å²) in [6.07, 6.45) is 0.540. The van der Waals surface area contributed by atoms with Gasteiger partial charge in [-0.05, 0) is 50.1 Å². The Bertz CT molecular complexity index is 868. The number of hydrogen-bond donors (Lipinski definition) is 1. The number of amides is 1. The highest BCUT2D eigenvalue weighted by molar-refractivity contribution is 6.32. The first-order valence-electron chi connectivity index (χ1n) is 7.78. The Balaban J connectivity index is 1.96. The molecule has 1 unspecified atom stereocenters. The van der Waals surface area contributed by atoms with Crippen molar-refractivity contribution in [3.63, 3.8) is 0 Å². The van der Waals surface area contributed by atoms with Gasteiger partial charge >= 0.3 is 0 Å². The average Bonchev–Trinajstić information content (AvgIpc) is 2.59. The molecule has 0 aliphatic heterocycles. The third-order valence-corrected chi connectivity index (χ3v) is 4.04. The minimum Gasteiger partial charge on any atom is -0.481 e. The van der Waals surface area contributed by atoms with E-state index in [1.807, 2.05) is 26.0 Å². The highest BCUT2D eigenvalue weighted by Gasteiger charge is 2.15. The lowest BCUT2D eigenvalue weighted by Gasteiger charge is -2.14. The van der Waals surface area contributed by atoms with Crippen molar-refractivity contribution in [1.29, 1.82) is 0 Å². The molecule has 0 bridgehead atoms. The molecule has 1 N–H and O–H groups in total. The van der Waals surface area contributed by atoms with E-state index in [9.17, 15) is 14.9 Å². The van der Waals surface area contributed by atoms with Crippen LogP contribution in [0.25, 0.3) is 0 Å². The first-order valence-corrected chi connectivity index (χ1v) is 8.16. The highest BCUT2D eigenvalue weighted by atomic mass is 35.5. The molecule has 8 heteroatoms. The van der Waals surface area contributed by atoms with Gasteiger partial charge in [0.2, 0.25) is 0 Å². The summed E-state index contributed by atoms with van der Waals surface area (Å²) in [5.41, 5.74) is 4.75. The molecule has 1 amide bonds. The number of ether oxygens (including phenoxy) is 1. The number of carbonyl (C=O) groups is 1. The fourth-order valence-corrected chi connectivity index (χ4v) is 2.24. The van der Waals surface area contributed by atoms with Gasteiger partial charge < -0.3 is 4.74 Å². The number of nitro groups is 1. The number of hydrogen-bond acceptors (Lipinski definition) is 5. The summed E-state index contributed by atoms with van der Waals surface area (Å²) >= 11 is 5.74. The van der Waals surface area contributed by atoms with Crippen molar-refractivity contribution in [2.75, 3.05) is 0 Å². The Morgan fingerprint density at radius 1 is 1.27 bits per heavy atom. The maximum Gasteiger partial charge on any atom is 0.288 e. The van der Waals surface area contributed by atoms with Crippen molar-refractivity contribution < 1.29 is 14.5 Å². The summed E-state index contributed by atoms with van der Waals surface area (Å²) in [6, 6.07) is 9.79. The number of aryl methyl sites for hydroxylation is 2. The molecule has 0 saturated heterocycles. The van der Waals surface area contributed by atoms with Crippen LogP contribution in [0.1, 0.15) is 23.6 Å². The van der Waals surface area contributed by atoms with Crippen molar-refractivity contribution in [2.24, 2.45) is 5.10 Å². The summed E-state index contributed by atoms with van der Waals surface area (Å²) in [7, 11) is 0. The van der Waals surface area contributed by atoms with Gasteiger partial charge in [-0.3, -0.25) is 14.9 Å². The lowest BCUT2D eigenvalue weighted by atomic mass is 10.1. The third-order valence-electron chi connectivity index (χ3n) is 3.72. The fourth-order valence-electron chi connectivity index (χ4n) is 2.06. The Labute approximate surface area is 155 Å². The SMILES string of the molecule is Cc1ccc(OC(C)C(=O)N/N=C/c2ccc(Cl)c([N+](=O)[O-])c2)cc1C. The van der Waals surface area contributed by atoms with Crippen LogP contribution in [0.2, 0.25) is 5.02 Å². The molecular formula is C18H18ClN3O4. The standard InChI is InChI=1S/C18H18ClN3O4/c1-11-4-6-15(8-12(11)2)26-13(3)18(23)21-20-10-14-5-7-16(19)17(9-14)22(24)25/h4-10,13H,1-3H3,(H,21,23)/b20-10+. The lowest BCUT2D eigenvalue weighted by Crippen LogP contribution is -2.33. The molecule has 0 spiro atoms. The molecule has 2 aromatic rings. The first kappa shape index (κ1) is 19.4.